The summed E-state index contributed by atoms with van der Waals surface area (Å²) in [6.07, 6.45) is 0. The maximum absolute atomic E-state index is 12.1. The Morgan fingerprint density at radius 1 is 1.53 bits per heavy atom. The first-order chi connectivity index (χ1) is 8.99. The fourth-order valence-corrected chi connectivity index (χ4v) is 1.84. The van der Waals surface area contributed by atoms with Gasteiger partial charge in [-0.15, -0.1) is 0 Å². The second kappa shape index (κ2) is 7.21. The van der Waals surface area contributed by atoms with Crippen LogP contribution in [0.1, 0.15) is 24.2 Å². The van der Waals surface area contributed by atoms with E-state index < -0.39 is 0 Å². The third-order valence-corrected chi connectivity index (χ3v) is 3.01. The molecule has 1 aromatic carbocycles. The summed E-state index contributed by atoms with van der Waals surface area (Å²) in [5, 5.41) is 6.37. The highest BCUT2D eigenvalue weighted by Gasteiger charge is 2.15. The smallest absolute Gasteiger partial charge is 0.255 e. The van der Waals surface area contributed by atoms with Gasteiger partial charge in [-0.25, -0.2) is 0 Å². The number of carbonyl (C=O) groups excluding carboxylic acids is 1. The van der Waals surface area contributed by atoms with Gasteiger partial charge in [-0.2, -0.15) is 0 Å². The first kappa shape index (κ1) is 15.6. The van der Waals surface area contributed by atoms with Gasteiger partial charge in [0, 0.05) is 18.7 Å². The molecule has 0 radical (unpaired) electrons. The number of halogens is 1. The van der Waals surface area contributed by atoms with Gasteiger partial charge in [-0.1, -0.05) is 18.5 Å². The normalized spacial score (nSPS) is 12.0. The van der Waals surface area contributed by atoms with E-state index in [0.717, 1.165) is 6.54 Å². The van der Waals surface area contributed by atoms with Gasteiger partial charge in [0.05, 0.1) is 23.4 Å². The first-order valence-electron chi connectivity index (χ1n) is 6.14. The Balaban J connectivity index is 2.79. The second-order valence-electron chi connectivity index (χ2n) is 4.24. The van der Waals surface area contributed by atoms with Gasteiger partial charge in [0.15, 0.2) is 0 Å². The Morgan fingerprint density at radius 3 is 2.79 bits per heavy atom. The number of amides is 1. The van der Waals surface area contributed by atoms with Crippen molar-refractivity contribution in [3.8, 4) is 5.75 Å². The van der Waals surface area contributed by atoms with Crippen molar-refractivity contribution < 1.29 is 9.53 Å². The minimum atomic E-state index is -0.233. The molecule has 0 bridgehead atoms. The molecule has 0 unspecified atom stereocenters. The van der Waals surface area contributed by atoms with Gasteiger partial charge in [0.25, 0.3) is 5.91 Å². The van der Waals surface area contributed by atoms with E-state index in [1.54, 1.807) is 6.07 Å². The van der Waals surface area contributed by atoms with E-state index in [1.807, 2.05) is 13.8 Å². The van der Waals surface area contributed by atoms with Crippen LogP contribution in [-0.4, -0.2) is 32.1 Å². The molecular weight excluding hydrogens is 266 g/mol. The zero-order valence-corrected chi connectivity index (χ0v) is 12.2. The van der Waals surface area contributed by atoms with Gasteiger partial charge >= 0.3 is 0 Å². The minimum absolute atomic E-state index is 0.198. The summed E-state index contributed by atoms with van der Waals surface area (Å²) in [5.41, 5.74) is 6.44. The van der Waals surface area contributed by atoms with Crippen molar-refractivity contribution in [3.05, 3.63) is 22.7 Å². The number of hydrogen-bond donors (Lipinski definition) is 3. The predicted octanol–water partition coefficient (Wildman–Crippen LogP) is 1.66. The maximum atomic E-state index is 12.1. The number of carbonyl (C=O) groups is 1. The summed E-state index contributed by atoms with van der Waals surface area (Å²) in [5.74, 6) is 0.180. The van der Waals surface area contributed by atoms with E-state index in [4.69, 9.17) is 22.1 Å². The van der Waals surface area contributed by atoms with Crippen molar-refractivity contribution >= 4 is 23.2 Å². The van der Waals surface area contributed by atoms with Crippen molar-refractivity contribution in [3.63, 3.8) is 0 Å². The number of rotatable bonds is 6. The molecule has 0 saturated carbocycles. The standard InChI is InChI=1S/C13H20ClN3O2/c1-4-16-8(2)7-17-13(18)9-5-10(14)11(15)6-12(9)19-3/h5-6,8,16H,4,7,15H2,1-3H3,(H,17,18)/t8-/m1/s1. The average molecular weight is 286 g/mol. The molecule has 0 spiro atoms. The maximum Gasteiger partial charge on any atom is 0.255 e. The lowest BCUT2D eigenvalue weighted by Crippen LogP contribution is -2.38. The zero-order valence-electron chi connectivity index (χ0n) is 11.4. The first-order valence-corrected chi connectivity index (χ1v) is 6.52. The number of hydrogen-bond acceptors (Lipinski definition) is 4. The van der Waals surface area contributed by atoms with E-state index in [0.29, 0.717) is 28.6 Å². The Morgan fingerprint density at radius 2 is 2.21 bits per heavy atom. The van der Waals surface area contributed by atoms with Crippen LogP contribution >= 0.6 is 11.6 Å². The van der Waals surface area contributed by atoms with Crippen molar-refractivity contribution in [1.82, 2.24) is 10.6 Å². The topological polar surface area (TPSA) is 76.4 Å². The molecule has 0 aliphatic heterocycles. The van der Waals surface area contributed by atoms with Gasteiger partial charge in [0.1, 0.15) is 5.75 Å². The Labute approximate surface area is 118 Å². The molecule has 1 aromatic rings. The lowest BCUT2D eigenvalue weighted by molar-refractivity contribution is 0.0947. The van der Waals surface area contributed by atoms with Crippen molar-refractivity contribution in [2.75, 3.05) is 25.9 Å². The number of methoxy groups -OCH3 is 1. The van der Waals surface area contributed by atoms with Crippen LogP contribution in [0.25, 0.3) is 0 Å². The van der Waals surface area contributed by atoms with Crippen molar-refractivity contribution in [1.29, 1.82) is 0 Å². The largest absolute Gasteiger partial charge is 0.496 e. The van der Waals surface area contributed by atoms with E-state index in [2.05, 4.69) is 10.6 Å². The minimum Gasteiger partial charge on any atom is -0.496 e. The molecule has 0 aliphatic carbocycles. The summed E-state index contributed by atoms with van der Waals surface area (Å²) in [7, 11) is 1.49. The number of benzene rings is 1. The van der Waals surface area contributed by atoms with Crippen LogP contribution in [-0.2, 0) is 0 Å². The van der Waals surface area contributed by atoms with E-state index in [1.165, 1.54) is 13.2 Å². The Hall–Kier alpha value is -1.46. The van der Waals surface area contributed by atoms with Crippen LogP contribution in [0, 0.1) is 0 Å². The summed E-state index contributed by atoms with van der Waals surface area (Å²) in [6.45, 7) is 5.39. The highest BCUT2D eigenvalue weighted by Crippen LogP contribution is 2.28. The van der Waals surface area contributed by atoms with Crippen LogP contribution in [0.3, 0.4) is 0 Å². The molecule has 1 amide bonds. The number of nitrogens with two attached hydrogens (primary N) is 1. The third-order valence-electron chi connectivity index (χ3n) is 2.68. The lowest BCUT2D eigenvalue weighted by Gasteiger charge is -2.15. The summed E-state index contributed by atoms with van der Waals surface area (Å²) in [4.78, 5) is 12.1. The Kier molecular flexibility index (Phi) is 5.92. The molecule has 0 heterocycles. The average Bonchev–Trinajstić information content (AvgIpc) is 2.39. The zero-order chi connectivity index (χ0) is 14.4. The van der Waals surface area contributed by atoms with Gasteiger partial charge in [-0.05, 0) is 19.5 Å². The SMILES string of the molecule is CCN[C@H](C)CNC(=O)c1cc(Cl)c(N)cc1OC. The van der Waals surface area contributed by atoms with Crippen LogP contribution in [0.15, 0.2) is 12.1 Å². The van der Waals surface area contributed by atoms with Crippen molar-refractivity contribution in [2.45, 2.75) is 19.9 Å². The highest BCUT2D eigenvalue weighted by molar-refractivity contribution is 6.33. The van der Waals surface area contributed by atoms with Gasteiger partial charge in [-0.3, -0.25) is 4.79 Å². The molecule has 106 valence electrons. The molecule has 1 rings (SSSR count). The van der Waals surface area contributed by atoms with Crippen molar-refractivity contribution in [2.24, 2.45) is 0 Å². The number of nitrogen functional groups attached to an aromatic ring is 1. The van der Waals surface area contributed by atoms with E-state index in [-0.39, 0.29) is 11.9 Å². The second-order valence-corrected chi connectivity index (χ2v) is 4.65. The van der Waals surface area contributed by atoms with Gasteiger partial charge in [0.2, 0.25) is 0 Å². The number of likely N-dealkylation sites (N-methyl/N-ethyl adjacent to an activating group) is 1. The molecule has 0 saturated heterocycles. The molecule has 0 aliphatic rings. The molecule has 5 nitrogen and oxygen atoms in total. The quantitative estimate of drug-likeness (QED) is 0.695. The summed E-state index contributed by atoms with van der Waals surface area (Å²) >= 11 is 5.93. The van der Waals surface area contributed by atoms with Gasteiger partial charge < -0.3 is 21.1 Å². The molecule has 1 atom stereocenters. The number of nitrogens with one attached hydrogen (secondary N) is 2. The monoisotopic (exact) mass is 285 g/mol. The highest BCUT2D eigenvalue weighted by atomic mass is 35.5. The van der Waals surface area contributed by atoms with E-state index in [9.17, 15) is 4.79 Å². The van der Waals surface area contributed by atoms with Crippen LogP contribution in [0.2, 0.25) is 5.02 Å². The number of anilines is 1. The predicted molar refractivity (Wildman–Crippen MR) is 77.9 cm³/mol. The lowest BCUT2D eigenvalue weighted by atomic mass is 10.1. The molecule has 4 N–H and O–H groups in total. The van der Waals surface area contributed by atoms with Crippen LogP contribution in [0.5, 0.6) is 5.75 Å². The molecule has 19 heavy (non-hydrogen) atoms. The molecular formula is C13H20ClN3O2. The molecule has 6 heteroatoms. The number of ether oxygens (including phenoxy) is 1. The molecule has 0 aromatic heterocycles. The summed E-state index contributed by atoms with van der Waals surface area (Å²) in [6, 6.07) is 3.26. The molecule has 0 fully saturated rings. The Bertz CT molecular complexity index is 452. The van der Waals surface area contributed by atoms with Crippen LogP contribution < -0.4 is 21.1 Å². The fourth-order valence-electron chi connectivity index (χ4n) is 1.68. The summed E-state index contributed by atoms with van der Waals surface area (Å²) < 4.78 is 5.14. The third kappa shape index (κ3) is 4.29. The van der Waals surface area contributed by atoms with E-state index >= 15 is 0 Å². The van der Waals surface area contributed by atoms with Crippen LogP contribution in [0.4, 0.5) is 5.69 Å². The fraction of sp³-hybridized carbons (Fsp3) is 0.462.